The number of methoxy groups -OCH3 is 1. The first kappa shape index (κ1) is 17.6. The fourth-order valence-electron chi connectivity index (χ4n) is 2.74. The molecule has 1 fully saturated rings. The molecule has 1 aliphatic heterocycles. The second-order valence-corrected chi connectivity index (χ2v) is 7.11. The SMILES string of the molecule is COc1ccc(N=C(C)/C=C2/SC[C@](C)(O)N2c2ccccc2)cc1. The van der Waals surface area contributed by atoms with Gasteiger partial charge in [0.25, 0.3) is 0 Å². The van der Waals surface area contributed by atoms with E-state index in [0.717, 1.165) is 27.9 Å². The molecule has 2 aromatic rings. The number of rotatable bonds is 4. The van der Waals surface area contributed by atoms with Crippen molar-refractivity contribution in [2.45, 2.75) is 19.6 Å². The predicted octanol–water partition coefficient (Wildman–Crippen LogP) is 4.59. The van der Waals surface area contributed by atoms with Crippen LogP contribution in [-0.4, -0.2) is 29.4 Å². The van der Waals surface area contributed by atoms with E-state index >= 15 is 0 Å². The average Bonchev–Trinajstić information content (AvgIpc) is 2.90. The van der Waals surface area contributed by atoms with E-state index in [-0.39, 0.29) is 0 Å². The van der Waals surface area contributed by atoms with E-state index in [4.69, 9.17) is 4.74 Å². The minimum atomic E-state index is -0.918. The van der Waals surface area contributed by atoms with E-state index in [1.54, 1.807) is 18.9 Å². The minimum absolute atomic E-state index is 0.615. The van der Waals surface area contributed by atoms with Gasteiger partial charge in [-0.3, -0.25) is 4.99 Å². The fraction of sp³-hybridized carbons (Fsp3) is 0.250. The molecule has 25 heavy (non-hydrogen) atoms. The van der Waals surface area contributed by atoms with E-state index in [2.05, 4.69) is 4.99 Å². The lowest BCUT2D eigenvalue weighted by Gasteiger charge is -2.31. The maximum absolute atomic E-state index is 10.7. The van der Waals surface area contributed by atoms with Crippen LogP contribution in [0.25, 0.3) is 0 Å². The van der Waals surface area contributed by atoms with Gasteiger partial charge in [0.2, 0.25) is 0 Å². The van der Waals surface area contributed by atoms with Gasteiger partial charge in [-0.1, -0.05) is 18.2 Å². The first-order chi connectivity index (χ1) is 12.0. The topological polar surface area (TPSA) is 45.1 Å². The quantitative estimate of drug-likeness (QED) is 0.816. The Kier molecular flexibility index (Phi) is 5.16. The molecule has 3 rings (SSSR count). The number of allylic oxidation sites excluding steroid dienone is 1. The van der Waals surface area contributed by atoms with Crippen molar-refractivity contribution in [1.29, 1.82) is 0 Å². The lowest BCUT2D eigenvalue weighted by molar-refractivity contribution is 0.0950. The molecule has 0 bridgehead atoms. The number of thioether (sulfide) groups is 1. The monoisotopic (exact) mass is 354 g/mol. The Labute approximate surface area is 152 Å². The zero-order chi connectivity index (χ0) is 17.9. The molecule has 0 saturated carbocycles. The summed E-state index contributed by atoms with van der Waals surface area (Å²) in [6.07, 6.45) is 2.02. The summed E-state index contributed by atoms with van der Waals surface area (Å²) in [4.78, 5) is 6.60. The zero-order valence-corrected chi connectivity index (χ0v) is 15.5. The maximum Gasteiger partial charge on any atom is 0.149 e. The van der Waals surface area contributed by atoms with Crippen LogP contribution < -0.4 is 9.64 Å². The van der Waals surface area contributed by atoms with Gasteiger partial charge in [-0.25, -0.2) is 0 Å². The van der Waals surface area contributed by atoms with Gasteiger partial charge in [-0.2, -0.15) is 0 Å². The van der Waals surface area contributed by atoms with Crippen LogP contribution in [0.3, 0.4) is 0 Å². The van der Waals surface area contributed by atoms with Crippen molar-refractivity contribution in [3.05, 3.63) is 65.7 Å². The van der Waals surface area contributed by atoms with Gasteiger partial charge in [-0.15, -0.1) is 11.8 Å². The largest absolute Gasteiger partial charge is 0.497 e. The Hall–Kier alpha value is -2.24. The van der Waals surface area contributed by atoms with Crippen LogP contribution in [0.4, 0.5) is 11.4 Å². The molecule has 0 unspecified atom stereocenters. The Bertz CT molecular complexity index is 783. The van der Waals surface area contributed by atoms with Crippen LogP contribution in [-0.2, 0) is 0 Å². The highest BCUT2D eigenvalue weighted by molar-refractivity contribution is 8.03. The number of aliphatic hydroxyl groups is 1. The van der Waals surface area contributed by atoms with Gasteiger partial charge < -0.3 is 14.7 Å². The molecule has 1 N–H and O–H groups in total. The summed E-state index contributed by atoms with van der Waals surface area (Å²) in [6.45, 7) is 3.80. The smallest absolute Gasteiger partial charge is 0.149 e. The number of para-hydroxylation sites is 1. The third-order valence-electron chi connectivity index (χ3n) is 3.92. The Morgan fingerprint density at radius 2 is 1.88 bits per heavy atom. The first-order valence-corrected chi connectivity index (χ1v) is 9.10. The molecule has 2 aromatic carbocycles. The second-order valence-electron chi connectivity index (χ2n) is 6.11. The van der Waals surface area contributed by atoms with Crippen molar-refractivity contribution < 1.29 is 9.84 Å². The molecule has 1 aliphatic rings. The summed E-state index contributed by atoms with van der Waals surface area (Å²) >= 11 is 1.63. The third-order valence-corrected chi connectivity index (χ3v) is 5.21. The summed E-state index contributed by atoms with van der Waals surface area (Å²) in [5.41, 5.74) is 1.81. The third kappa shape index (κ3) is 4.06. The highest BCUT2D eigenvalue weighted by atomic mass is 32.2. The fourth-order valence-corrected chi connectivity index (χ4v) is 3.97. The van der Waals surface area contributed by atoms with Gasteiger partial charge in [0, 0.05) is 17.2 Å². The molecule has 0 spiro atoms. The first-order valence-electron chi connectivity index (χ1n) is 8.11. The average molecular weight is 354 g/mol. The number of hydrogen-bond donors (Lipinski definition) is 1. The predicted molar refractivity (Wildman–Crippen MR) is 106 cm³/mol. The Balaban J connectivity index is 1.88. The van der Waals surface area contributed by atoms with E-state index in [1.165, 1.54) is 0 Å². The van der Waals surface area contributed by atoms with Gasteiger partial charge in [0.05, 0.1) is 17.8 Å². The van der Waals surface area contributed by atoms with Crippen molar-refractivity contribution in [1.82, 2.24) is 0 Å². The number of aliphatic imine (C=N–C) groups is 1. The zero-order valence-electron chi connectivity index (χ0n) is 14.6. The number of hydrogen-bond acceptors (Lipinski definition) is 5. The van der Waals surface area contributed by atoms with E-state index in [0.29, 0.717) is 5.75 Å². The summed E-state index contributed by atoms with van der Waals surface area (Å²) in [6, 6.07) is 17.6. The number of anilines is 1. The van der Waals surface area contributed by atoms with Gasteiger partial charge >= 0.3 is 0 Å². The molecule has 0 radical (unpaired) electrons. The molecule has 5 heteroatoms. The van der Waals surface area contributed by atoms with Crippen molar-refractivity contribution in [3.8, 4) is 5.75 Å². The lowest BCUT2D eigenvalue weighted by atomic mass is 10.2. The number of ether oxygens (including phenoxy) is 1. The Morgan fingerprint density at radius 1 is 1.20 bits per heavy atom. The van der Waals surface area contributed by atoms with E-state index in [1.807, 2.05) is 79.4 Å². The van der Waals surface area contributed by atoms with Gasteiger partial charge in [-0.05, 0) is 56.3 Å². The number of nitrogens with zero attached hydrogens (tertiary/aromatic N) is 2. The van der Waals surface area contributed by atoms with E-state index < -0.39 is 5.72 Å². The highest BCUT2D eigenvalue weighted by Crippen LogP contribution is 2.41. The molecule has 0 aliphatic carbocycles. The Morgan fingerprint density at radius 3 is 2.52 bits per heavy atom. The van der Waals surface area contributed by atoms with Crippen LogP contribution in [0.2, 0.25) is 0 Å². The molecule has 4 nitrogen and oxygen atoms in total. The molecule has 1 saturated heterocycles. The van der Waals surface area contributed by atoms with E-state index in [9.17, 15) is 5.11 Å². The molecular weight excluding hydrogens is 332 g/mol. The van der Waals surface area contributed by atoms with Crippen molar-refractivity contribution in [2.75, 3.05) is 17.8 Å². The molecule has 0 aromatic heterocycles. The summed E-state index contributed by atoms with van der Waals surface area (Å²) in [7, 11) is 1.65. The van der Waals surface area contributed by atoms with Gasteiger partial charge in [0.15, 0.2) is 0 Å². The van der Waals surface area contributed by atoms with Crippen molar-refractivity contribution in [2.24, 2.45) is 4.99 Å². The standard InChI is InChI=1S/C20H22N2O2S/c1-15(21-16-9-11-18(24-3)12-10-16)13-19-22(20(2,23)14-25-19)17-7-5-4-6-8-17/h4-13,23H,14H2,1-3H3/b19-13+,21-15?/t20-/m0/s1. The molecular formula is C20H22N2O2S. The lowest BCUT2D eigenvalue weighted by Crippen LogP contribution is -2.42. The summed E-state index contributed by atoms with van der Waals surface area (Å²) < 4.78 is 5.17. The van der Waals surface area contributed by atoms with Crippen LogP contribution in [0.1, 0.15) is 13.8 Å². The van der Waals surface area contributed by atoms with Crippen LogP contribution >= 0.6 is 11.8 Å². The van der Waals surface area contributed by atoms with Crippen LogP contribution in [0.15, 0.2) is 70.7 Å². The van der Waals surface area contributed by atoms with Crippen LogP contribution in [0, 0.1) is 0 Å². The van der Waals surface area contributed by atoms with Crippen LogP contribution in [0.5, 0.6) is 5.75 Å². The van der Waals surface area contributed by atoms with Crippen molar-refractivity contribution >= 4 is 28.8 Å². The summed E-state index contributed by atoms with van der Waals surface area (Å²) in [5, 5.41) is 11.7. The highest BCUT2D eigenvalue weighted by Gasteiger charge is 2.38. The molecule has 130 valence electrons. The normalized spacial score (nSPS) is 22.5. The van der Waals surface area contributed by atoms with Gasteiger partial charge in [0.1, 0.15) is 11.5 Å². The van der Waals surface area contributed by atoms with Crippen molar-refractivity contribution in [3.63, 3.8) is 0 Å². The second kappa shape index (κ2) is 7.33. The maximum atomic E-state index is 10.7. The molecule has 1 heterocycles. The molecule has 0 amide bonds. The number of benzene rings is 2. The minimum Gasteiger partial charge on any atom is -0.497 e. The molecule has 1 atom stereocenters. The summed E-state index contributed by atoms with van der Waals surface area (Å²) in [5.74, 6) is 1.43.